The summed E-state index contributed by atoms with van der Waals surface area (Å²) in [5, 5.41) is 11.8. The molecule has 1 aromatic carbocycles. The van der Waals surface area contributed by atoms with Gasteiger partial charge in [0.25, 0.3) is 0 Å². The highest BCUT2D eigenvalue weighted by molar-refractivity contribution is 5.84. The summed E-state index contributed by atoms with van der Waals surface area (Å²) in [7, 11) is 0. The molecule has 5 nitrogen and oxygen atoms in total. The molecule has 0 spiro atoms. The number of aryl methyl sites for hydroxylation is 1. The summed E-state index contributed by atoms with van der Waals surface area (Å²) in [6.45, 7) is 6.86. The Labute approximate surface area is 131 Å². The first kappa shape index (κ1) is 16.3. The lowest BCUT2D eigenvalue weighted by atomic mass is 9.94. The molecule has 1 aliphatic rings. The van der Waals surface area contributed by atoms with Crippen LogP contribution in [0.4, 0.5) is 0 Å². The Morgan fingerprint density at radius 3 is 2.95 bits per heavy atom. The highest BCUT2D eigenvalue weighted by atomic mass is 16.5. The summed E-state index contributed by atoms with van der Waals surface area (Å²) >= 11 is 0. The summed E-state index contributed by atoms with van der Waals surface area (Å²) in [6, 6.07) is 7.89. The van der Waals surface area contributed by atoms with Crippen LogP contribution in [0.5, 0.6) is 5.75 Å². The van der Waals surface area contributed by atoms with E-state index in [0.717, 1.165) is 29.9 Å². The maximum absolute atomic E-state index is 12.0. The van der Waals surface area contributed by atoms with Gasteiger partial charge in [-0.3, -0.25) is 4.79 Å². The van der Waals surface area contributed by atoms with E-state index in [1.165, 1.54) is 0 Å². The van der Waals surface area contributed by atoms with Crippen molar-refractivity contribution in [3.8, 4) is 11.8 Å². The molecule has 1 aromatic rings. The molecule has 1 saturated heterocycles. The standard InChI is InChI=1S/C17H22N2O3/c1-12-4-5-13(9-19-16(20)17(2,3)11-18)15(8-12)22-14-6-7-21-10-14/h4-5,8,14H,6-7,9-10H2,1-3H3,(H,19,20)/t14-/m1/s1. The lowest BCUT2D eigenvalue weighted by Gasteiger charge is -2.19. The van der Waals surface area contributed by atoms with Crippen molar-refractivity contribution in [2.24, 2.45) is 5.41 Å². The number of rotatable bonds is 5. The third-order valence-electron chi connectivity index (χ3n) is 3.69. The molecule has 118 valence electrons. The first-order valence-electron chi connectivity index (χ1n) is 7.46. The van der Waals surface area contributed by atoms with Crippen molar-refractivity contribution >= 4 is 5.91 Å². The summed E-state index contributed by atoms with van der Waals surface area (Å²) in [5.41, 5.74) is 0.964. The van der Waals surface area contributed by atoms with Crippen molar-refractivity contribution in [1.29, 1.82) is 5.26 Å². The molecule has 2 rings (SSSR count). The van der Waals surface area contributed by atoms with Crippen LogP contribution < -0.4 is 10.1 Å². The average molecular weight is 302 g/mol. The van der Waals surface area contributed by atoms with Crippen LogP contribution >= 0.6 is 0 Å². The summed E-state index contributed by atoms with van der Waals surface area (Å²) in [6.07, 6.45) is 0.938. The number of carbonyl (C=O) groups is 1. The Morgan fingerprint density at radius 1 is 1.55 bits per heavy atom. The second kappa shape index (κ2) is 6.80. The largest absolute Gasteiger partial charge is 0.488 e. The predicted octanol–water partition coefficient (Wildman–Crippen LogP) is 2.33. The highest BCUT2D eigenvalue weighted by Gasteiger charge is 2.27. The Kier molecular flexibility index (Phi) is 5.04. The average Bonchev–Trinajstić information content (AvgIpc) is 2.99. The Balaban J connectivity index is 2.07. The minimum Gasteiger partial charge on any atom is -0.488 e. The number of hydrogen-bond acceptors (Lipinski definition) is 4. The number of ether oxygens (including phenoxy) is 2. The van der Waals surface area contributed by atoms with E-state index >= 15 is 0 Å². The van der Waals surface area contributed by atoms with Crippen LogP contribution in [0.15, 0.2) is 18.2 Å². The molecule has 0 aliphatic carbocycles. The van der Waals surface area contributed by atoms with Gasteiger partial charge in [-0.05, 0) is 32.4 Å². The monoisotopic (exact) mass is 302 g/mol. The maximum Gasteiger partial charge on any atom is 0.240 e. The van der Waals surface area contributed by atoms with Gasteiger partial charge in [-0.1, -0.05) is 12.1 Å². The molecule has 0 bridgehead atoms. The zero-order valence-corrected chi connectivity index (χ0v) is 13.3. The number of hydrogen-bond donors (Lipinski definition) is 1. The van der Waals surface area contributed by atoms with Crippen molar-refractivity contribution in [3.63, 3.8) is 0 Å². The summed E-state index contributed by atoms with van der Waals surface area (Å²) in [5.74, 6) is 0.483. The first-order valence-corrected chi connectivity index (χ1v) is 7.46. The topological polar surface area (TPSA) is 71.4 Å². The van der Waals surface area contributed by atoms with Gasteiger partial charge in [0.2, 0.25) is 5.91 Å². The fourth-order valence-corrected chi connectivity index (χ4v) is 2.15. The van der Waals surface area contributed by atoms with Gasteiger partial charge in [0.1, 0.15) is 17.3 Å². The number of benzene rings is 1. The van der Waals surface area contributed by atoms with E-state index in [0.29, 0.717) is 13.2 Å². The van der Waals surface area contributed by atoms with Crippen molar-refractivity contribution < 1.29 is 14.3 Å². The van der Waals surface area contributed by atoms with Crippen LogP contribution in [0, 0.1) is 23.7 Å². The fraction of sp³-hybridized carbons (Fsp3) is 0.529. The second-order valence-electron chi connectivity index (χ2n) is 6.13. The number of carbonyl (C=O) groups excluding carboxylic acids is 1. The molecule has 1 aliphatic heterocycles. The molecule has 1 atom stereocenters. The number of amides is 1. The van der Waals surface area contributed by atoms with Crippen molar-refractivity contribution in [2.75, 3.05) is 13.2 Å². The Hall–Kier alpha value is -2.06. The summed E-state index contributed by atoms with van der Waals surface area (Å²) in [4.78, 5) is 12.0. The lowest BCUT2D eigenvalue weighted by Crippen LogP contribution is -2.35. The van der Waals surface area contributed by atoms with Gasteiger partial charge in [-0.25, -0.2) is 0 Å². The highest BCUT2D eigenvalue weighted by Crippen LogP contribution is 2.24. The first-order chi connectivity index (χ1) is 10.4. The molecular formula is C17H22N2O3. The SMILES string of the molecule is Cc1ccc(CNC(=O)C(C)(C)C#N)c(O[C@@H]2CCOC2)c1. The van der Waals surface area contributed by atoms with Gasteiger partial charge in [-0.2, -0.15) is 5.26 Å². The van der Waals surface area contributed by atoms with Crippen molar-refractivity contribution in [3.05, 3.63) is 29.3 Å². The molecule has 5 heteroatoms. The van der Waals surface area contributed by atoms with Crippen LogP contribution in [0.25, 0.3) is 0 Å². The molecule has 0 aromatic heterocycles. The van der Waals surface area contributed by atoms with Gasteiger partial charge < -0.3 is 14.8 Å². The van der Waals surface area contributed by atoms with Crippen LogP contribution in [0.3, 0.4) is 0 Å². The normalized spacial score (nSPS) is 17.8. The van der Waals surface area contributed by atoms with Crippen molar-refractivity contribution in [2.45, 2.75) is 39.8 Å². The van der Waals surface area contributed by atoms with Crippen LogP contribution in [-0.4, -0.2) is 25.2 Å². The minimum absolute atomic E-state index is 0.0619. The van der Waals surface area contributed by atoms with E-state index in [9.17, 15) is 4.79 Å². The zero-order valence-electron chi connectivity index (χ0n) is 13.3. The molecule has 0 saturated carbocycles. The van der Waals surface area contributed by atoms with Gasteiger partial charge in [0.05, 0.1) is 19.3 Å². The molecule has 22 heavy (non-hydrogen) atoms. The molecule has 1 heterocycles. The predicted molar refractivity (Wildman–Crippen MR) is 82.3 cm³/mol. The van der Waals surface area contributed by atoms with E-state index in [-0.39, 0.29) is 12.0 Å². The van der Waals surface area contributed by atoms with Crippen molar-refractivity contribution in [1.82, 2.24) is 5.32 Å². The van der Waals surface area contributed by atoms with Crippen LogP contribution in [0.2, 0.25) is 0 Å². The number of nitrogens with zero attached hydrogens (tertiary/aromatic N) is 1. The minimum atomic E-state index is -1.04. The third-order valence-corrected chi connectivity index (χ3v) is 3.69. The van der Waals surface area contributed by atoms with E-state index in [1.54, 1.807) is 13.8 Å². The van der Waals surface area contributed by atoms with E-state index < -0.39 is 5.41 Å². The lowest BCUT2D eigenvalue weighted by molar-refractivity contribution is -0.126. The number of nitrogens with one attached hydrogen (secondary N) is 1. The Morgan fingerprint density at radius 2 is 2.32 bits per heavy atom. The molecule has 0 unspecified atom stereocenters. The zero-order chi connectivity index (χ0) is 16.2. The second-order valence-corrected chi connectivity index (χ2v) is 6.13. The molecule has 0 radical (unpaired) electrons. The summed E-state index contributed by atoms with van der Waals surface area (Å²) < 4.78 is 11.3. The maximum atomic E-state index is 12.0. The molecule has 1 N–H and O–H groups in total. The van der Waals surface area contributed by atoms with E-state index in [1.807, 2.05) is 31.2 Å². The third kappa shape index (κ3) is 3.99. The van der Waals surface area contributed by atoms with Gasteiger partial charge >= 0.3 is 0 Å². The van der Waals surface area contributed by atoms with Gasteiger partial charge in [-0.15, -0.1) is 0 Å². The molecular weight excluding hydrogens is 280 g/mol. The quantitative estimate of drug-likeness (QED) is 0.906. The van der Waals surface area contributed by atoms with Gasteiger partial charge in [0, 0.05) is 18.5 Å². The molecule has 1 fully saturated rings. The van der Waals surface area contributed by atoms with Crippen LogP contribution in [-0.2, 0) is 16.1 Å². The van der Waals surface area contributed by atoms with E-state index in [4.69, 9.17) is 14.7 Å². The fourth-order valence-electron chi connectivity index (χ4n) is 2.15. The van der Waals surface area contributed by atoms with Crippen LogP contribution in [0.1, 0.15) is 31.4 Å². The van der Waals surface area contributed by atoms with Gasteiger partial charge in [0.15, 0.2) is 0 Å². The molecule has 1 amide bonds. The number of nitriles is 1. The smallest absolute Gasteiger partial charge is 0.240 e. The van der Waals surface area contributed by atoms with E-state index in [2.05, 4.69) is 5.32 Å². The Bertz CT molecular complexity index is 584.